The number of fused-ring (bicyclic) bond motifs is 1. The second kappa shape index (κ2) is 13.4. The number of benzene rings is 3. The molecule has 1 aliphatic rings. The molecule has 1 fully saturated rings. The van der Waals surface area contributed by atoms with Gasteiger partial charge < -0.3 is 24.1 Å². The highest BCUT2D eigenvalue weighted by Gasteiger charge is 2.42. The Hall–Kier alpha value is -5.04. The van der Waals surface area contributed by atoms with Crippen molar-refractivity contribution in [2.45, 2.75) is 44.3 Å². The van der Waals surface area contributed by atoms with Crippen molar-refractivity contribution in [3.8, 4) is 11.5 Å². The second-order valence-electron chi connectivity index (χ2n) is 11.6. The maximum Gasteiger partial charge on any atom is 0.280 e. The lowest BCUT2D eigenvalue weighted by molar-refractivity contribution is -0.118. The fourth-order valence-corrected chi connectivity index (χ4v) is 5.81. The Morgan fingerprint density at radius 3 is 2.17 bits per heavy atom. The summed E-state index contributed by atoms with van der Waals surface area (Å²) >= 11 is 0. The molecule has 47 heavy (non-hydrogen) atoms. The number of anilines is 1. The second-order valence-corrected chi connectivity index (χ2v) is 11.6. The van der Waals surface area contributed by atoms with Gasteiger partial charge in [0, 0.05) is 12.3 Å². The van der Waals surface area contributed by atoms with E-state index in [1.54, 1.807) is 28.1 Å². The summed E-state index contributed by atoms with van der Waals surface area (Å²) < 4.78 is 25.7. The van der Waals surface area contributed by atoms with E-state index < -0.39 is 29.6 Å². The average Bonchev–Trinajstić information content (AvgIpc) is 3.68. The lowest BCUT2D eigenvalue weighted by Gasteiger charge is -2.37. The van der Waals surface area contributed by atoms with Crippen LogP contribution in [-0.4, -0.2) is 63.6 Å². The minimum atomic E-state index is -1.06. The Bertz CT molecular complexity index is 1840. The standard InChI is InChI=1S/C35H37N5O7/c1-21(2)31(42)38-34-37-30-29(32(43)39-34)36-20-40(30)33-28(41)18-27(47-33)19-46-35(22-8-6-5-7-9-22,23-10-14-25(44-3)15-11-23)24-12-16-26(45-4)17-13-24/h5-17,20-21,27-28,33,41H,18-19H2,1-4H3,(H2,37,38,39,42,43)/t27-,28-,33+/m0/s1. The zero-order valence-corrected chi connectivity index (χ0v) is 26.5. The molecule has 3 N–H and O–H groups in total. The van der Waals surface area contributed by atoms with Crippen LogP contribution in [0.2, 0.25) is 0 Å². The van der Waals surface area contributed by atoms with Crippen LogP contribution in [0.15, 0.2) is 90.0 Å². The Balaban J connectivity index is 1.33. The number of hydrogen-bond acceptors (Lipinski definition) is 9. The summed E-state index contributed by atoms with van der Waals surface area (Å²) in [6, 6.07) is 25.3. The number of carbonyl (C=O) groups is 1. The summed E-state index contributed by atoms with van der Waals surface area (Å²) in [5.74, 6) is 0.788. The number of H-pyrrole nitrogens is 1. The molecule has 2 aromatic heterocycles. The van der Waals surface area contributed by atoms with Gasteiger partial charge in [0.15, 0.2) is 17.4 Å². The minimum Gasteiger partial charge on any atom is -0.497 e. The van der Waals surface area contributed by atoms with E-state index in [4.69, 9.17) is 18.9 Å². The summed E-state index contributed by atoms with van der Waals surface area (Å²) in [6.45, 7) is 3.57. The van der Waals surface area contributed by atoms with Crippen LogP contribution < -0.4 is 20.3 Å². The number of nitrogens with one attached hydrogen (secondary N) is 2. The largest absolute Gasteiger partial charge is 0.497 e. The number of rotatable bonds is 11. The summed E-state index contributed by atoms with van der Waals surface area (Å²) in [5, 5.41) is 13.8. The van der Waals surface area contributed by atoms with E-state index >= 15 is 0 Å². The van der Waals surface area contributed by atoms with Crippen molar-refractivity contribution in [3.63, 3.8) is 0 Å². The van der Waals surface area contributed by atoms with Gasteiger partial charge >= 0.3 is 0 Å². The number of carbonyl (C=O) groups excluding carboxylic acids is 1. The number of aliphatic hydroxyl groups is 1. The number of nitrogens with zero attached hydrogens (tertiary/aromatic N) is 3. The first kappa shape index (κ1) is 31.9. The normalized spacial score (nSPS) is 18.0. The number of methoxy groups -OCH3 is 2. The van der Waals surface area contributed by atoms with Gasteiger partial charge in [0.05, 0.1) is 33.3 Å². The predicted octanol–water partition coefficient (Wildman–Crippen LogP) is 4.39. The minimum absolute atomic E-state index is 0.0121. The van der Waals surface area contributed by atoms with Gasteiger partial charge in [-0.1, -0.05) is 68.4 Å². The highest BCUT2D eigenvalue weighted by atomic mass is 16.6. The fraction of sp³-hybridized carbons (Fsp3) is 0.314. The van der Waals surface area contributed by atoms with Crippen molar-refractivity contribution in [2.24, 2.45) is 5.92 Å². The maximum absolute atomic E-state index is 12.8. The van der Waals surface area contributed by atoms with E-state index in [0.29, 0.717) is 11.5 Å². The Morgan fingerprint density at radius 2 is 1.60 bits per heavy atom. The van der Waals surface area contributed by atoms with Crippen LogP contribution in [0.3, 0.4) is 0 Å². The average molecular weight is 640 g/mol. The molecule has 1 amide bonds. The Labute approximate surface area is 271 Å². The summed E-state index contributed by atoms with van der Waals surface area (Å²) in [4.78, 5) is 36.2. The van der Waals surface area contributed by atoms with Gasteiger partial charge in [0.25, 0.3) is 5.56 Å². The van der Waals surface area contributed by atoms with Crippen LogP contribution in [0.25, 0.3) is 11.2 Å². The van der Waals surface area contributed by atoms with Gasteiger partial charge in [-0.05, 0) is 41.0 Å². The van der Waals surface area contributed by atoms with E-state index in [1.165, 1.54) is 10.9 Å². The first-order valence-corrected chi connectivity index (χ1v) is 15.3. The zero-order chi connectivity index (χ0) is 33.1. The first-order valence-electron chi connectivity index (χ1n) is 15.3. The number of amides is 1. The van der Waals surface area contributed by atoms with Crippen molar-refractivity contribution in [2.75, 3.05) is 26.1 Å². The summed E-state index contributed by atoms with van der Waals surface area (Å²) in [5.41, 5.74) is 1.28. The number of hydrogen-bond donors (Lipinski definition) is 3. The van der Waals surface area contributed by atoms with Crippen LogP contribution in [0.4, 0.5) is 5.95 Å². The third kappa shape index (κ3) is 6.22. The van der Waals surface area contributed by atoms with Gasteiger partial charge in [-0.15, -0.1) is 0 Å². The van der Waals surface area contributed by atoms with E-state index in [9.17, 15) is 14.7 Å². The molecule has 12 heteroatoms. The fourth-order valence-electron chi connectivity index (χ4n) is 5.81. The molecule has 3 aromatic carbocycles. The Kier molecular flexibility index (Phi) is 9.08. The maximum atomic E-state index is 12.8. The lowest BCUT2D eigenvalue weighted by atomic mass is 9.80. The number of ether oxygens (including phenoxy) is 4. The molecule has 3 atom stereocenters. The zero-order valence-electron chi connectivity index (χ0n) is 26.5. The topological polar surface area (TPSA) is 150 Å². The van der Waals surface area contributed by atoms with Crippen LogP contribution in [0, 0.1) is 5.92 Å². The van der Waals surface area contributed by atoms with E-state index in [2.05, 4.69) is 20.3 Å². The van der Waals surface area contributed by atoms with E-state index in [1.807, 2.05) is 78.9 Å². The molecule has 6 rings (SSSR count). The molecule has 3 heterocycles. The number of aliphatic hydroxyl groups excluding tert-OH is 1. The number of aromatic amines is 1. The van der Waals surface area contributed by atoms with Crippen molar-refractivity contribution in [1.29, 1.82) is 0 Å². The third-order valence-corrected chi connectivity index (χ3v) is 8.30. The van der Waals surface area contributed by atoms with Gasteiger partial charge in [0.2, 0.25) is 11.9 Å². The van der Waals surface area contributed by atoms with Crippen LogP contribution in [0.5, 0.6) is 11.5 Å². The molecule has 0 aliphatic carbocycles. The van der Waals surface area contributed by atoms with Crippen molar-refractivity contribution in [1.82, 2.24) is 19.5 Å². The predicted molar refractivity (Wildman–Crippen MR) is 174 cm³/mol. The first-order chi connectivity index (χ1) is 22.7. The summed E-state index contributed by atoms with van der Waals surface area (Å²) in [6.07, 6.45) is -0.732. The number of imidazole rings is 1. The van der Waals surface area contributed by atoms with Gasteiger partial charge in [-0.3, -0.25) is 24.5 Å². The van der Waals surface area contributed by atoms with Gasteiger partial charge in [0.1, 0.15) is 23.2 Å². The van der Waals surface area contributed by atoms with Crippen LogP contribution in [0.1, 0.15) is 43.2 Å². The molecule has 0 unspecified atom stereocenters. The molecule has 0 radical (unpaired) electrons. The van der Waals surface area contributed by atoms with Crippen LogP contribution >= 0.6 is 0 Å². The molecular formula is C35H37N5O7. The molecule has 0 bridgehead atoms. The van der Waals surface area contributed by atoms with E-state index in [-0.39, 0.29) is 42.0 Å². The van der Waals surface area contributed by atoms with Gasteiger partial charge in [-0.2, -0.15) is 4.98 Å². The third-order valence-electron chi connectivity index (χ3n) is 8.30. The quantitative estimate of drug-likeness (QED) is 0.179. The molecule has 1 saturated heterocycles. The van der Waals surface area contributed by atoms with Gasteiger partial charge in [-0.25, -0.2) is 4.98 Å². The molecule has 244 valence electrons. The Morgan fingerprint density at radius 1 is 1.00 bits per heavy atom. The number of aromatic nitrogens is 4. The van der Waals surface area contributed by atoms with Crippen LogP contribution in [-0.2, 0) is 19.9 Å². The smallest absolute Gasteiger partial charge is 0.280 e. The van der Waals surface area contributed by atoms with E-state index in [0.717, 1.165) is 16.7 Å². The molecule has 5 aromatic rings. The summed E-state index contributed by atoms with van der Waals surface area (Å²) in [7, 11) is 3.24. The van der Waals surface area contributed by atoms with Crippen molar-refractivity contribution >= 4 is 23.0 Å². The molecule has 0 saturated carbocycles. The highest BCUT2D eigenvalue weighted by Crippen LogP contribution is 2.43. The monoisotopic (exact) mass is 639 g/mol. The van der Waals surface area contributed by atoms with Crippen molar-refractivity contribution < 1.29 is 28.8 Å². The molecule has 12 nitrogen and oxygen atoms in total. The molecule has 1 aliphatic heterocycles. The van der Waals surface area contributed by atoms with Crippen molar-refractivity contribution in [3.05, 3.63) is 112 Å². The SMILES string of the molecule is COc1ccc(C(OC[C@@H]2C[C@H](O)[C@H](n3cnc4c(=O)[nH]c(NC(=O)C(C)C)nc43)O2)(c2ccccc2)c2ccc(OC)cc2)cc1. The highest BCUT2D eigenvalue weighted by molar-refractivity contribution is 5.91. The molecular weight excluding hydrogens is 602 g/mol. The lowest BCUT2D eigenvalue weighted by Crippen LogP contribution is -2.35. The molecule has 0 spiro atoms.